The number of benzene rings is 1. The van der Waals surface area contributed by atoms with E-state index in [0.717, 1.165) is 37.3 Å². The van der Waals surface area contributed by atoms with Crippen molar-refractivity contribution in [2.24, 2.45) is 5.73 Å². The largest absolute Gasteiger partial charge is 0.494 e. The summed E-state index contributed by atoms with van der Waals surface area (Å²) in [6.07, 6.45) is 3.06. The highest BCUT2D eigenvalue weighted by Crippen LogP contribution is 2.25. The molecule has 0 bridgehead atoms. The molecule has 1 aromatic heterocycles. The summed E-state index contributed by atoms with van der Waals surface area (Å²) >= 11 is 0. The average molecular weight is 316 g/mol. The molecule has 5 nitrogen and oxygen atoms in total. The van der Waals surface area contributed by atoms with Gasteiger partial charge in [0, 0.05) is 25.4 Å². The number of hydrogen-bond donors (Lipinski definition) is 1. The lowest BCUT2D eigenvalue weighted by Crippen LogP contribution is -2.13. The maximum atomic E-state index is 5.81. The van der Waals surface area contributed by atoms with Crippen LogP contribution in [0.3, 0.4) is 0 Å². The van der Waals surface area contributed by atoms with Crippen molar-refractivity contribution in [3.63, 3.8) is 0 Å². The SMILES string of the molecule is CCC(CC)c1c(CN)nnn1CCCOc1ccc(C)cc1. The third-order valence-electron chi connectivity index (χ3n) is 4.22. The van der Waals surface area contributed by atoms with E-state index in [0.29, 0.717) is 19.1 Å². The molecule has 0 unspecified atom stereocenters. The van der Waals surface area contributed by atoms with Gasteiger partial charge in [0.1, 0.15) is 5.75 Å². The minimum atomic E-state index is 0.450. The van der Waals surface area contributed by atoms with Gasteiger partial charge in [-0.2, -0.15) is 0 Å². The summed E-state index contributed by atoms with van der Waals surface area (Å²) in [7, 11) is 0. The van der Waals surface area contributed by atoms with Crippen LogP contribution < -0.4 is 10.5 Å². The van der Waals surface area contributed by atoms with E-state index in [9.17, 15) is 0 Å². The zero-order chi connectivity index (χ0) is 16.7. The van der Waals surface area contributed by atoms with Gasteiger partial charge >= 0.3 is 0 Å². The van der Waals surface area contributed by atoms with Crippen molar-refractivity contribution in [3.05, 3.63) is 41.2 Å². The molecule has 0 fully saturated rings. The third kappa shape index (κ3) is 4.55. The number of nitrogens with two attached hydrogens (primary N) is 1. The molecule has 0 amide bonds. The third-order valence-corrected chi connectivity index (χ3v) is 4.22. The lowest BCUT2D eigenvalue weighted by molar-refractivity contribution is 0.296. The van der Waals surface area contributed by atoms with Gasteiger partial charge in [0.25, 0.3) is 0 Å². The Balaban J connectivity index is 1.92. The molecule has 2 aromatic rings. The average Bonchev–Trinajstić information content (AvgIpc) is 2.97. The molecule has 5 heteroatoms. The van der Waals surface area contributed by atoms with Gasteiger partial charge in [-0.15, -0.1) is 5.10 Å². The first-order valence-electron chi connectivity index (χ1n) is 8.51. The van der Waals surface area contributed by atoms with Crippen LogP contribution in [0.15, 0.2) is 24.3 Å². The molecule has 0 saturated heterocycles. The molecule has 2 rings (SSSR count). The molecular formula is C18H28N4O. The van der Waals surface area contributed by atoms with E-state index in [2.05, 4.69) is 43.2 Å². The van der Waals surface area contributed by atoms with E-state index in [-0.39, 0.29) is 0 Å². The standard InChI is InChI=1S/C18H28N4O/c1-4-15(5-2)18-17(13-19)20-21-22(18)11-6-12-23-16-9-7-14(3)8-10-16/h7-10,15H,4-6,11-13,19H2,1-3H3. The van der Waals surface area contributed by atoms with E-state index in [1.807, 2.05) is 16.8 Å². The van der Waals surface area contributed by atoms with Crippen LogP contribution in [-0.4, -0.2) is 21.6 Å². The van der Waals surface area contributed by atoms with Crippen molar-refractivity contribution >= 4 is 0 Å². The number of aryl methyl sites for hydroxylation is 2. The summed E-state index contributed by atoms with van der Waals surface area (Å²) in [5.41, 5.74) is 9.18. The smallest absolute Gasteiger partial charge is 0.119 e. The van der Waals surface area contributed by atoms with Crippen LogP contribution in [0.25, 0.3) is 0 Å². The van der Waals surface area contributed by atoms with Gasteiger partial charge in [-0.05, 0) is 31.9 Å². The van der Waals surface area contributed by atoms with E-state index < -0.39 is 0 Å². The first-order valence-corrected chi connectivity index (χ1v) is 8.51. The van der Waals surface area contributed by atoms with Crippen molar-refractivity contribution in [2.45, 2.75) is 59.0 Å². The lowest BCUT2D eigenvalue weighted by atomic mass is 9.97. The van der Waals surface area contributed by atoms with E-state index in [1.165, 1.54) is 11.3 Å². The summed E-state index contributed by atoms with van der Waals surface area (Å²) < 4.78 is 7.79. The fraction of sp³-hybridized carbons (Fsp3) is 0.556. The first kappa shape index (κ1) is 17.5. The molecule has 0 aliphatic carbocycles. The highest BCUT2D eigenvalue weighted by atomic mass is 16.5. The van der Waals surface area contributed by atoms with Crippen molar-refractivity contribution in [1.82, 2.24) is 15.0 Å². The molecule has 126 valence electrons. The Labute approximate surface area is 138 Å². The number of aromatic nitrogens is 3. The van der Waals surface area contributed by atoms with Crippen LogP contribution in [-0.2, 0) is 13.1 Å². The Morgan fingerprint density at radius 3 is 2.48 bits per heavy atom. The minimum Gasteiger partial charge on any atom is -0.494 e. The van der Waals surface area contributed by atoms with Crippen molar-refractivity contribution in [1.29, 1.82) is 0 Å². The Bertz CT molecular complexity index is 588. The van der Waals surface area contributed by atoms with Gasteiger partial charge in [-0.1, -0.05) is 36.8 Å². The molecule has 1 aromatic carbocycles. The highest BCUT2D eigenvalue weighted by Gasteiger charge is 2.18. The molecule has 0 aliphatic rings. The van der Waals surface area contributed by atoms with Crippen molar-refractivity contribution in [2.75, 3.05) is 6.61 Å². The van der Waals surface area contributed by atoms with Gasteiger partial charge in [0.2, 0.25) is 0 Å². The summed E-state index contributed by atoms with van der Waals surface area (Å²) in [5.74, 6) is 1.39. The Morgan fingerprint density at radius 1 is 1.17 bits per heavy atom. The monoisotopic (exact) mass is 316 g/mol. The zero-order valence-electron chi connectivity index (χ0n) is 14.5. The number of ether oxygens (including phenoxy) is 1. The second kappa shape index (κ2) is 8.67. The van der Waals surface area contributed by atoms with Crippen LogP contribution in [0.4, 0.5) is 0 Å². The Hall–Kier alpha value is -1.88. The molecular weight excluding hydrogens is 288 g/mol. The first-order chi connectivity index (χ1) is 11.2. The highest BCUT2D eigenvalue weighted by molar-refractivity contribution is 5.26. The molecule has 0 spiro atoms. The molecule has 1 heterocycles. The van der Waals surface area contributed by atoms with Gasteiger partial charge in [-0.3, -0.25) is 0 Å². The summed E-state index contributed by atoms with van der Waals surface area (Å²) in [5, 5.41) is 8.54. The van der Waals surface area contributed by atoms with Crippen molar-refractivity contribution < 1.29 is 4.74 Å². The molecule has 23 heavy (non-hydrogen) atoms. The molecule has 0 atom stereocenters. The van der Waals surface area contributed by atoms with Crippen LogP contribution >= 0.6 is 0 Å². The fourth-order valence-corrected chi connectivity index (χ4v) is 2.83. The molecule has 0 aliphatic heterocycles. The topological polar surface area (TPSA) is 66.0 Å². The Morgan fingerprint density at radius 2 is 1.87 bits per heavy atom. The summed E-state index contributed by atoms with van der Waals surface area (Å²) in [6, 6.07) is 8.14. The fourth-order valence-electron chi connectivity index (χ4n) is 2.83. The molecule has 0 radical (unpaired) electrons. The normalized spacial score (nSPS) is 11.2. The molecule has 2 N–H and O–H groups in total. The Kier molecular flexibility index (Phi) is 6.59. The van der Waals surface area contributed by atoms with Crippen molar-refractivity contribution in [3.8, 4) is 5.75 Å². The number of rotatable bonds is 9. The van der Waals surface area contributed by atoms with Crippen LogP contribution in [0.5, 0.6) is 5.75 Å². The number of nitrogens with zero attached hydrogens (tertiary/aromatic N) is 3. The van der Waals surface area contributed by atoms with Gasteiger partial charge in [0.05, 0.1) is 18.0 Å². The van der Waals surface area contributed by atoms with E-state index in [4.69, 9.17) is 10.5 Å². The second-order valence-electron chi connectivity index (χ2n) is 5.88. The minimum absolute atomic E-state index is 0.450. The van der Waals surface area contributed by atoms with E-state index in [1.54, 1.807) is 0 Å². The maximum Gasteiger partial charge on any atom is 0.119 e. The number of hydrogen-bond acceptors (Lipinski definition) is 4. The van der Waals surface area contributed by atoms with E-state index >= 15 is 0 Å². The van der Waals surface area contributed by atoms with Crippen LogP contribution in [0.1, 0.15) is 56.0 Å². The predicted octanol–water partition coefficient (Wildman–Crippen LogP) is 3.42. The maximum absolute atomic E-state index is 5.81. The predicted molar refractivity (Wildman–Crippen MR) is 92.5 cm³/mol. The summed E-state index contributed by atoms with van der Waals surface area (Å²) in [4.78, 5) is 0. The van der Waals surface area contributed by atoms with Crippen LogP contribution in [0, 0.1) is 6.92 Å². The second-order valence-corrected chi connectivity index (χ2v) is 5.88. The van der Waals surface area contributed by atoms with Gasteiger partial charge in [-0.25, -0.2) is 4.68 Å². The van der Waals surface area contributed by atoms with Gasteiger partial charge < -0.3 is 10.5 Å². The lowest BCUT2D eigenvalue weighted by Gasteiger charge is -2.16. The molecule has 0 saturated carbocycles. The quantitative estimate of drug-likeness (QED) is 0.720. The van der Waals surface area contributed by atoms with Crippen LogP contribution in [0.2, 0.25) is 0 Å². The zero-order valence-corrected chi connectivity index (χ0v) is 14.5. The summed E-state index contributed by atoms with van der Waals surface area (Å²) in [6.45, 7) is 8.40. The van der Waals surface area contributed by atoms with Gasteiger partial charge in [0.15, 0.2) is 0 Å².